The maximum Gasteiger partial charge on any atom is 0.00702 e. The molecule has 0 amide bonds. The lowest BCUT2D eigenvalue weighted by Gasteiger charge is -2.36. The molecule has 2 atom stereocenters. The summed E-state index contributed by atoms with van der Waals surface area (Å²) in [5.74, 6) is 0. The Bertz CT molecular complexity index is 447. The summed E-state index contributed by atoms with van der Waals surface area (Å²) in [7, 11) is 0. The van der Waals surface area contributed by atoms with Gasteiger partial charge < -0.3 is 0 Å². The first-order valence-corrected chi connectivity index (χ1v) is 17.4. The third-order valence-corrected chi connectivity index (χ3v) is 8.75. The van der Waals surface area contributed by atoms with Gasteiger partial charge in [-0.2, -0.15) is 0 Å². The maximum absolute atomic E-state index is 2.79. The predicted octanol–water partition coefficient (Wildman–Crippen LogP) is 11.4. The summed E-state index contributed by atoms with van der Waals surface area (Å²) in [5, 5.41) is 0. The molecule has 0 aliphatic carbocycles. The van der Waals surface area contributed by atoms with Crippen molar-refractivity contribution in [3.63, 3.8) is 0 Å². The molecule has 0 fully saturated rings. The van der Waals surface area contributed by atoms with Crippen molar-refractivity contribution in [1.29, 1.82) is 0 Å². The quantitative estimate of drug-likeness (QED) is 0.0942. The Balaban J connectivity index is 4.15. The van der Waals surface area contributed by atoms with Gasteiger partial charge in [-0.3, -0.25) is 9.80 Å². The summed E-state index contributed by atoms with van der Waals surface area (Å²) in [6, 6.07) is 2.71. The van der Waals surface area contributed by atoms with Crippen molar-refractivity contribution in [2.75, 3.05) is 13.1 Å². The van der Waals surface area contributed by atoms with Crippen LogP contribution in [0.1, 0.15) is 190 Å². The van der Waals surface area contributed by atoms with E-state index < -0.39 is 0 Å². The molecular formula is C35H74N2. The average molecular weight is 523 g/mol. The van der Waals surface area contributed by atoms with E-state index in [1.807, 2.05) is 0 Å². The average Bonchev–Trinajstić information content (AvgIpc) is 2.86. The van der Waals surface area contributed by atoms with Gasteiger partial charge in [-0.1, -0.05) is 123 Å². The van der Waals surface area contributed by atoms with E-state index in [1.165, 1.54) is 148 Å². The minimum absolute atomic E-state index is 0.659. The molecule has 0 radical (unpaired) electrons. The van der Waals surface area contributed by atoms with E-state index in [-0.39, 0.29) is 0 Å². The van der Waals surface area contributed by atoms with E-state index in [4.69, 9.17) is 0 Å². The Labute approximate surface area is 237 Å². The SMILES string of the molecule is CCCCCCCCCCCCN(C(C)C)C(C)CCC(C)N(CCCCCCCCCCC)C(C)C. The fourth-order valence-electron chi connectivity index (χ4n) is 6.18. The van der Waals surface area contributed by atoms with Crippen LogP contribution in [0.3, 0.4) is 0 Å². The van der Waals surface area contributed by atoms with Crippen molar-refractivity contribution in [2.45, 2.75) is 214 Å². The van der Waals surface area contributed by atoms with Crippen LogP contribution in [0, 0.1) is 0 Å². The van der Waals surface area contributed by atoms with Gasteiger partial charge in [-0.15, -0.1) is 0 Å². The number of nitrogens with zero attached hydrogens (tertiary/aromatic N) is 2. The second-order valence-corrected chi connectivity index (χ2v) is 12.9. The zero-order valence-electron chi connectivity index (χ0n) is 27.5. The van der Waals surface area contributed by atoms with Crippen molar-refractivity contribution < 1.29 is 0 Å². The van der Waals surface area contributed by atoms with Gasteiger partial charge in [-0.25, -0.2) is 0 Å². The second-order valence-electron chi connectivity index (χ2n) is 12.9. The van der Waals surface area contributed by atoms with E-state index >= 15 is 0 Å². The van der Waals surface area contributed by atoms with E-state index in [0.717, 1.165) is 0 Å². The highest BCUT2D eigenvalue weighted by Gasteiger charge is 2.21. The third-order valence-electron chi connectivity index (χ3n) is 8.75. The van der Waals surface area contributed by atoms with Crippen LogP contribution in [0.5, 0.6) is 0 Å². The maximum atomic E-state index is 2.79. The Hall–Kier alpha value is -0.0800. The fourth-order valence-corrected chi connectivity index (χ4v) is 6.18. The van der Waals surface area contributed by atoms with Gasteiger partial charge in [-0.05, 0) is 80.3 Å². The highest BCUT2D eigenvalue weighted by Crippen LogP contribution is 2.19. The molecule has 0 spiro atoms. The van der Waals surface area contributed by atoms with Gasteiger partial charge in [0, 0.05) is 24.2 Å². The van der Waals surface area contributed by atoms with Crippen LogP contribution in [0.15, 0.2) is 0 Å². The van der Waals surface area contributed by atoms with Gasteiger partial charge >= 0.3 is 0 Å². The van der Waals surface area contributed by atoms with Crippen molar-refractivity contribution in [3.05, 3.63) is 0 Å². The standard InChI is InChI=1S/C35H74N2/c1-9-11-13-15-17-19-21-23-25-27-31-37(33(5)6)35(8)29-28-34(7)36(32(3)4)30-26-24-22-20-18-16-14-12-10-2/h32-35H,9-31H2,1-8H3. The van der Waals surface area contributed by atoms with Crippen LogP contribution in [0.25, 0.3) is 0 Å². The normalized spacial score (nSPS) is 13.9. The van der Waals surface area contributed by atoms with Crippen LogP contribution in [0.2, 0.25) is 0 Å². The lowest BCUT2D eigenvalue weighted by Crippen LogP contribution is -2.42. The van der Waals surface area contributed by atoms with Gasteiger partial charge in [0.25, 0.3) is 0 Å². The lowest BCUT2D eigenvalue weighted by molar-refractivity contribution is 0.119. The molecule has 37 heavy (non-hydrogen) atoms. The summed E-state index contributed by atoms with van der Waals surface area (Å²) < 4.78 is 0. The molecule has 0 aromatic rings. The smallest absolute Gasteiger partial charge is 0.00702 e. The molecule has 0 aromatic carbocycles. The van der Waals surface area contributed by atoms with E-state index in [9.17, 15) is 0 Å². The highest BCUT2D eigenvalue weighted by molar-refractivity contribution is 4.76. The van der Waals surface area contributed by atoms with Gasteiger partial charge in [0.2, 0.25) is 0 Å². The number of hydrogen-bond acceptors (Lipinski definition) is 2. The Morgan fingerprint density at radius 1 is 0.351 bits per heavy atom. The van der Waals surface area contributed by atoms with Gasteiger partial charge in [0.05, 0.1) is 0 Å². The van der Waals surface area contributed by atoms with Crippen LogP contribution >= 0.6 is 0 Å². The largest absolute Gasteiger partial charge is 0.298 e. The first-order chi connectivity index (χ1) is 17.8. The molecule has 0 saturated heterocycles. The molecule has 2 unspecified atom stereocenters. The molecule has 2 heteroatoms. The molecule has 0 aliphatic heterocycles. The Morgan fingerprint density at radius 2 is 0.595 bits per heavy atom. The summed E-state index contributed by atoms with van der Waals surface area (Å²) in [5.41, 5.74) is 0. The Kier molecular flexibility index (Phi) is 26.1. The molecule has 0 bridgehead atoms. The van der Waals surface area contributed by atoms with Crippen molar-refractivity contribution >= 4 is 0 Å². The second kappa shape index (κ2) is 26.2. The van der Waals surface area contributed by atoms with Crippen LogP contribution in [-0.2, 0) is 0 Å². The molecule has 0 saturated carbocycles. The molecule has 0 aliphatic rings. The zero-order valence-corrected chi connectivity index (χ0v) is 27.5. The molecule has 0 N–H and O–H groups in total. The summed E-state index contributed by atoms with van der Waals surface area (Å²) in [6.45, 7) is 21.8. The number of hydrogen-bond donors (Lipinski definition) is 0. The topological polar surface area (TPSA) is 6.48 Å². The number of rotatable bonds is 28. The molecular weight excluding hydrogens is 448 g/mol. The predicted molar refractivity (Wildman–Crippen MR) is 171 cm³/mol. The zero-order chi connectivity index (χ0) is 27.7. The van der Waals surface area contributed by atoms with Crippen LogP contribution in [-0.4, -0.2) is 47.1 Å². The summed E-state index contributed by atoms with van der Waals surface area (Å²) >= 11 is 0. The molecule has 0 heterocycles. The summed E-state index contributed by atoms with van der Waals surface area (Å²) in [4.78, 5) is 5.58. The van der Waals surface area contributed by atoms with Gasteiger partial charge in [0.1, 0.15) is 0 Å². The Morgan fingerprint density at radius 3 is 0.838 bits per heavy atom. The first-order valence-electron chi connectivity index (χ1n) is 17.4. The number of unbranched alkanes of at least 4 members (excludes halogenated alkanes) is 17. The minimum Gasteiger partial charge on any atom is -0.298 e. The first kappa shape index (κ1) is 36.9. The molecule has 0 aromatic heterocycles. The van der Waals surface area contributed by atoms with Crippen molar-refractivity contribution in [2.24, 2.45) is 0 Å². The fraction of sp³-hybridized carbons (Fsp3) is 1.00. The minimum atomic E-state index is 0.659. The molecule has 0 rings (SSSR count). The lowest BCUT2D eigenvalue weighted by atomic mass is 10.0. The molecule has 224 valence electrons. The third kappa shape index (κ3) is 21.4. The van der Waals surface area contributed by atoms with Crippen LogP contribution in [0.4, 0.5) is 0 Å². The van der Waals surface area contributed by atoms with E-state index in [1.54, 1.807) is 0 Å². The van der Waals surface area contributed by atoms with Crippen molar-refractivity contribution in [1.82, 2.24) is 9.80 Å². The van der Waals surface area contributed by atoms with Gasteiger partial charge in [0.15, 0.2) is 0 Å². The van der Waals surface area contributed by atoms with Crippen molar-refractivity contribution in [3.8, 4) is 0 Å². The molecule has 2 nitrogen and oxygen atoms in total. The monoisotopic (exact) mass is 523 g/mol. The summed E-state index contributed by atoms with van der Waals surface area (Å²) in [6.07, 6.45) is 29.8. The van der Waals surface area contributed by atoms with Crippen LogP contribution < -0.4 is 0 Å². The highest BCUT2D eigenvalue weighted by atomic mass is 15.2. The van der Waals surface area contributed by atoms with E-state index in [0.29, 0.717) is 24.2 Å². The van der Waals surface area contributed by atoms with E-state index in [2.05, 4.69) is 65.2 Å².